The van der Waals surface area contributed by atoms with Crippen molar-refractivity contribution < 1.29 is 14.3 Å². The van der Waals surface area contributed by atoms with Crippen molar-refractivity contribution in [2.75, 3.05) is 19.5 Å². The summed E-state index contributed by atoms with van der Waals surface area (Å²) < 4.78 is 10.2. The molecule has 6 nitrogen and oxygen atoms in total. The van der Waals surface area contributed by atoms with Crippen LogP contribution in [0.3, 0.4) is 0 Å². The number of imidazole rings is 1. The lowest BCUT2D eigenvalue weighted by atomic mass is 10.2. The zero-order valence-corrected chi connectivity index (χ0v) is 10.1. The van der Waals surface area contributed by atoms with E-state index >= 15 is 0 Å². The first-order valence-corrected chi connectivity index (χ1v) is 5.27. The van der Waals surface area contributed by atoms with E-state index in [0.717, 1.165) is 0 Å². The standard InChI is InChI=1S/C12H13N3O3/c1-17-8-3-4-9(10(7-8)18-2)11(16)15-12-13-5-6-14-12/h3-7H,1-2H3,(H2,13,14,15,16). The van der Waals surface area contributed by atoms with Gasteiger partial charge in [0.2, 0.25) is 5.95 Å². The molecule has 1 aromatic heterocycles. The van der Waals surface area contributed by atoms with Crippen molar-refractivity contribution in [3.8, 4) is 11.5 Å². The van der Waals surface area contributed by atoms with Crippen molar-refractivity contribution in [2.45, 2.75) is 0 Å². The molecule has 1 heterocycles. The normalized spacial score (nSPS) is 9.89. The average molecular weight is 247 g/mol. The van der Waals surface area contributed by atoms with Gasteiger partial charge in [0.05, 0.1) is 19.8 Å². The third-order valence-corrected chi connectivity index (χ3v) is 2.38. The lowest BCUT2D eigenvalue weighted by molar-refractivity contribution is 0.102. The molecule has 0 radical (unpaired) electrons. The van der Waals surface area contributed by atoms with E-state index in [4.69, 9.17) is 9.47 Å². The number of H-pyrrole nitrogens is 1. The molecule has 2 N–H and O–H groups in total. The number of nitrogens with zero attached hydrogens (tertiary/aromatic N) is 1. The highest BCUT2D eigenvalue weighted by atomic mass is 16.5. The summed E-state index contributed by atoms with van der Waals surface area (Å²) in [5.41, 5.74) is 0.412. The molecule has 94 valence electrons. The van der Waals surface area contributed by atoms with Gasteiger partial charge in [-0.25, -0.2) is 4.98 Å². The predicted octanol–water partition coefficient (Wildman–Crippen LogP) is 1.68. The number of ether oxygens (including phenoxy) is 2. The minimum atomic E-state index is -0.301. The summed E-state index contributed by atoms with van der Waals surface area (Å²) in [6.45, 7) is 0. The Bertz CT molecular complexity index is 538. The highest BCUT2D eigenvalue weighted by Gasteiger charge is 2.14. The first-order valence-electron chi connectivity index (χ1n) is 5.27. The second kappa shape index (κ2) is 5.22. The van der Waals surface area contributed by atoms with Crippen LogP contribution in [0.5, 0.6) is 11.5 Å². The number of benzene rings is 1. The Morgan fingerprint density at radius 2 is 2.17 bits per heavy atom. The fourth-order valence-corrected chi connectivity index (χ4v) is 1.49. The number of carbonyl (C=O) groups is 1. The van der Waals surface area contributed by atoms with Crippen molar-refractivity contribution in [1.29, 1.82) is 0 Å². The van der Waals surface area contributed by atoms with Crippen LogP contribution in [0.15, 0.2) is 30.6 Å². The van der Waals surface area contributed by atoms with Gasteiger partial charge in [-0.3, -0.25) is 10.1 Å². The number of nitrogens with one attached hydrogen (secondary N) is 2. The number of hydrogen-bond acceptors (Lipinski definition) is 4. The van der Waals surface area contributed by atoms with Gasteiger partial charge >= 0.3 is 0 Å². The number of hydrogen-bond donors (Lipinski definition) is 2. The van der Waals surface area contributed by atoms with Gasteiger partial charge in [0.15, 0.2) is 0 Å². The first-order chi connectivity index (χ1) is 8.74. The summed E-state index contributed by atoms with van der Waals surface area (Å²) in [5.74, 6) is 1.15. The zero-order chi connectivity index (χ0) is 13.0. The maximum atomic E-state index is 12.0. The van der Waals surface area contributed by atoms with Gasteiger partial charge in [-0.05, 0) is 12.1 Å². The van der Waals surface area contributed by atoms with Crippen molar-refractivity contribution in [2.24, 2.45) is 0 Å². The molecule has 2 rings (SSSR count). The predicted molar refractivity (Wildman–Crippen MR) is 66.1 cm³/mol. The largest absolute Gasteiger partial charge is 0.497 e. The van der Waals surface area contributed by atoms with Crippen molar-refractivity contribution in [3.63, 3.8) is 0 Å². The van der Waals surface area contributed by atoms with Crippen LogP contribution in [0.25, 0.3) is 0 Å². The van der Waals surface area contributed by atoms with Gasteiger partial charge in [-0.1, -0.05) is 0 Å². The third-order valence-electron chi connectivity index (χ3n) is 2.38. The highest BCUT2D eigenvalue weighted by molar-refractivity contribution is 6.05. The van der Waals surface area contributed by atoms with E-state index in [-0.39, 0.29) is 5.91 Å². The molecule has 0 saturated carbocycles. The van der Waals surface area contributed by atoms with Crippen LogP contribution in [0.1, 0.15) is 10.4 Å². The molecular weight excluding hydrogens is 234 g/mol. The van der Waals surface area contributed by atoms with Crippen LogP contribution in [-0.4, -0.2) is 30.1 Å². The molecule has 0 fully saturated rings. The Morgan fingerprint density at radius 1 is 1.33 bits per heavy atom. The average Bonchev–Trinajstić information content (AvgIpc) is 2.90. The van der Waals surface area contributed by atoms with E-state index in [1.807, 2.05) is 0 Å². The number of rotatable bonds is 4. The van der Waals surface area contributed by atoms with Gasteiger partial charge in [-0.2, -0.15) is 0 Å². The van der Waals surface area contributed by atoms with Gasteiger partial charge in [0.25, 0.3) is 5.91 Å². The molecule has 0 spiro atoms. The van der Waals surface area contributed by atoms with E-state index < -0.39 is 0 Å². The van der Waals surface area contributed by atoms with E-state index in [9.17, 15) is 4.79 Å². The summed E-state index contributed by atoms with van der Waals surface area (Å²) in [6.07, 6.45) is 3.18. The molecule has 18 heavy (non-hydrogen) atoms. The minimum Gasteiger partial charge on any atom is -0.497 e. The molecule has 1 aromatic carbocycles. The molecule has 2 aromatic rings. The molecule has 0 aliphatic heterocycles. The molecule has 0 bridgehead atoms. The number of anilines is 1. The Hall–Kier alpha value is -2.50. The van der Waals surface area contributed by atoms with Gasteiger partial charge in [0.1, 0.15) is 11.5 Å². The number of amides is 1. The second-order valence-electron chi connectivity index (χ2n) is 3.46. The molecule has 1 amide bonds. The summed E-state index contributed by atoms with van der Waals surface area (Å²) in [7, 11) is 3.05. The van der Waals surface area contributed by atoms with Crippen molar-refractivity contribution >= 4 is 11.9 Å². The zero-order valence-electron chi connectivity index (χ0n) is 10.1. The lowest BCUT2D eigenvalue weighted by Gasteiger charge is -2.09. The first kappa shape index (κ1) is 12.0. The molecule has 0 aliphatic rings. The molecule has 0 atom stereocenters. The smallest absolute Gasteiger partial charge is 0.261 e. The highest BCUT2D eigenvalue weighted by Crippen LogP contribution is 2.24. The summed E-state index contributed by atoms with van der Waals surface area (Å²) in [4.78, 5) is 18.7. The van der Waals surface area contributed by atoms with Crippen LogP contribution < -0.4 is 14.8 Å². The summed E-state index contributed by atoms with van der Waals surface area (Å²) in [5, 5.41) is 2.62. The molecular formula is C12H13N3O3. The maximum absolute atomic E-state index is 12.0. The van der Waals surface area contributed by atoms with E-state index in [1.54, 1.807) is 37.7 Å². The Morgan fingerprint density at radius 3 is 2.78 bits per heavy atom. The quantitative estimate of drug-likeness (QED) is 0.861. The Kier molecular flexibility index (Phi) is 3.47. The van der Waals surface area contributed by atoms with Gasteiger partial charge in [-0.15, -0.1) is 0 Å². The van der Waals surface area contributed by atoms with Crippen LogP contribution >= 0.6 is 0 Å². The van der Waals surface area contributed by atoms with Crippen LogP contribution in [0.2, 0.25) is 0 Å². The lowest BCUT2D eigenvalue weighted by Crippen LogP contribution is -2.14. The summed E-state index contributed by atoms with van der Waals surface area (Å²) in [6, 6.07) is 4.98. The van der Waals surface area contributed by atoms with Crippen molar-refractivity contribution in [3.05, 3.63) is 36.2 Å². The van der Waals surface area contributed by atoms with E-state index in [0.29, 0.717) is 23.0 Å². The van der Waals surface area contributed by atoms with Crippen LogP contribution in [-0.2, 0) is 0 Å². The fourth-order valence-electron chi connectivity index (χ4n) is 1.49. The second-order valence-corrected chi connectivity index (χ2v) is 3.46. The van der Waals surface area contributed by atoms with Gasteiger partial charge < -0.3 is 14.5 Å². The Balaban J connectivity index is 2.24. The van der Waals surface area contributed by atoms with Gasteiger partial charge in [0, 0.05) is 18.5 Å². The fraction of sp³-hybridized carbons (Fsp3) is 0.167. The molecule has 6 heteroatoms. The van der Waals surface area contributed by atoms with Crippen LogP contribution in [0.4, 0.5) is 5.95 Å². The molecule has 0 unspecified atom stereocenters. The van der Waals surface area contributed by atoms with E-state index in [2.05, 4.69) is 15.3 Å². The van der Waals surface area contributed by atoms with Crippen molar-refractivity contribution in [1.82, 2.24) is 9.97 Å². The Labute approximate surface area is 104 Å². The van der Waals surface area contributed by atoms with Crippen LogP contribution in [0, 0.1) is 0 Å². The number of carbonyl (C=O) groups excluding carboxylic acids is 1. The number of aromatic nitrogens is 2. The van der Waals surface area contributed by atoms with E-state index in [1.165, 1.54) is 7.11 Å². The maximum Gasteiger partial charge on any atom is 0.261 e. The number of aromatic amines is 1. The topological polar surface area (TPSA) is 76.2 Å². The number of methoxy groups -OCH3 is 2. The molecule has 0 saturated heterocycles. The summed E-state index contributed by atoms with van der Waals surface area (Å²) >= 11 is 0. The molecule has 0 aliphatic carbocycles. The third kappa shape index (κ3) is 2.42. The SMILES string of the molecule is COc1ccc(C(=O)Nc2ncc[nH]2)c(OC)c1. The monoisotopic (exact) mass is 247 g/mol. The minimum absolute atomic E-state index is 0.301.